The minimum absolute atomic E-state index is 0.572. The molecule has 0 atom stereocenters. The molecule has 88 valence electrons. The first-order valence-corrected chi connectivity index (χ1v) is 6.69. The van der Waals surface area contributed by atoms with E-state index in [1.165, 1.54) is 0 Å². The molecule has 2 heterocycles. The molecular weight excluding hydrogens is 302 g/mol. The van der Waals surface area contributed by atoms with Gasteiger partial charge in [-0.3, -0.25) is 4.98 Å². The van der Waals surface area contributed by atoms with Gasteiger partial charge in [0.15, 0.2) is 0 Å². The van der Waals surface area contributed by atoms with Crippen LogP contribution >= 0.6 is 27.5 Å². The van der Waals surface area contributed by atoms with Crippen molar-refractivity contribution in [3.63, 3.8) is 0 Å². The fraction of sp³-hybridized carbons (Fsp3) is 0.308. The lowest BCUT2D eigenvalue weighted by atomic mass is 10.0. The summed E-state index contributed by atoms with van der Waals surface area (Å²) in [6.45, 7) is 3.36. The summed E-state index contributed by atoms with van der Waals surface area (Å²) in [4.78, 5) is 4.73. The van der Waals surface area contributed by atoms with Crippen LogP contribution in [0.3, 0.4) is 0 Å². The predicted octanol–water partition coefficient (Wildman–Crippen LogP) is 4.03. The maximum absolute atomic E-state index is 6.46. The molecule has 4 heteroatoms. The first-order valence-electron chi connectivity index (χ1n) is 5.51. The van der Waals surface area contributed by atoms with Gasteiger partial charge in [-0.1, -0.05) is 27.5 Å². The SMILES string of the molecule is Cc1cc(Br)cc2c(Cl)c3c(nc12)CCOC3. The van der Waals surface area contributed by atoms with Crippen molar-refractivity contribution in [3.05, 3.63) is 38.4 Å². The molecule has 1 aliphatic heterocycles. The van der Waals surface area contributed by atoms with Gasteiger partial charge in [-0.2, -0.15) is 0 Å². The predicted molar refractivity (Wildman–Crippen MR) is 72.6 cm³/mol. The van der Waals surface area contributed by atoms with Gasteiger partial charge in [-0.25, -0.2) is 0 Å². The van der Waals surface area contributed by atoms with Gasteiger partial charge in [0.25, 0.3) is 0 Å². The zero-order valence-electron chi connectivity index (χ0n) is 9.39. The quantitative estimate of drug-likeness (QED) is 0.732. The topological polar surface area (TPSA) is 22.1 Å². The zero-order chi connectivity index (χ0) is 12.0. The van der Waals surface area contributed by atoms with Crippen LogP contribution in [0, 0.1) is 6.92 Å². The molecule has 1 aromatic heterocycles. The second kappa shape index (κ2) is 4.23. The van der Waals surface area contributed by atoms with Crippen molar-refractivity contribution in [2.45, 2.75) is 20.0 Å². The van der Waals surface area contributed by atoms with Gasteiger partial charge in [0, 0.05) is 21.8 Å². The van der Waals surface area contributed by atoms with Crippen LogP contribution in [0.15, 0.2) is 16.6 Å². The van der Waals surface area contributed by atoms with Crippen LogP contribution in [0.2, 0.25) is 5.02 Å². The minimum Gasteiger partial charge on any atom is -0.376 e. The van der Waals surface area contributed by atoms with Gasteiger partial charge in [0.2, 0.25) is 0 Å². The number of benzene rings is 1. The van der Waals surface area contributed by atoms with Crippen LogP contribution in [-0.2, 0) is 17.8 Å². The summed E-state index contributed by atoms with van der Waals surface area (Å²) in [5.41, 5.74) is 4.27. The Labute approximate surface area is 113 Å². The molecule has 1 aromatic carbocycles. The van der Waals surface area contributed by atoms with Gasteiger partial charge in [0.05, 0.1) is 29.4 Å². The number of ether oxygens (including phenoxy) is 1. The first-order chi connectivity index (χ1) is 8.16. The van der Waals surface area contributed by atoms with Gasteiger partial charge in [-0.15, -0.1) is 0 Å². The maximum atomic E-state index is 6.46. The average molecular weight is 313 g/mol. The van der Waals surface area contributed by atoms with Gasteiger partial charge < -0.3 is 4.74 Å². The second-order valence-electron chi connectivity index (χ2n) is 4.27. The summed E-state index contributed by atoms with van der Waals surface area (Å²) in [7, 11) is 0. The normalized spacial score (nSPS) is 15.0. The summed E-state index contributed by atoms with van der Waals surface area (Å²) >= 11 is 9.96. The Morgan fingerprint density at radius 3 is 3.06 bits per heavy atom. The van der Waals surface area contributed by atoms with E-state index < -0.39 is 0 Å². The number of halogens is 2. The van der Waals surface area contributed by atoms with E-state index in [0.29, 0.717) is 6.61 Å². The molecule has 0 saturated carbocycles. The highest BCUT2D eigenvalue weighted by Crippen LogP contribution is 2.34. The van der Waals surface area contributed by atoms with Crippen molar-refractivity contribution in [2.75, 3.05) is 6.61 Å². The molecule has 0 saturated heterocycles. The lowest BCUT2D eigenvalue weighted by molar-refractivity contribution is 0.109. The number of nitrogens with zero attached hydrogens (tertiary/aromatic N) is 1. The lowest BCUT2D eigenvalue weighted by Crippen LogP contribution is -2.12. The summed E-state index contributed by atoms with van der Waals surface area (Å²) in [5, 5.41) is 1.79. The Bertz CT molecular complexity index is 612. The number of hydrogen-bond donors (Lipinski definition) is 0. The van der Waals surface area contributed by atoms with Crippen LogP contribution < -0.4 is 0 Å². The van der Waals surface area contributed by atoms with Crippen LogP contribution in [0.1, 0.15) is 16.8 Å². The summed E-state index contributed by atoms with van der Waals surface area (Å²) in [5.74, 6) is 0. The van der Waals surface area contributed by atoms with Crippen molar-refractivity contribution in [1.82, 2.24) is 4.98 Å². The van der Waals surface area contributed by atoms with E-state index in [4.69, 9.17) is 21.3 Å². The number of fused-ring (bicyclic) bond motifs is 2. The van der Waals surface area contributed by atoms with Crippen molar-refractivity contribution in [1.29, 1.82) is 0 Å². The summed E-state index contributed by atoms with van der Waals surface area (Å²) in [6.07, 6.45) is 0.848. The molecule has 17 heavy (non-hydrogen) atoms. The standard InChI is InChI=1S/C13H11BrClNO/c1-7-4-8(14)5-9-12(15)10-6-17-3-2-11(10)16-13(7)9/h4-5H,2-3,6H2,1H3. The number of aryl methyl sites for hydroxylation is 1. The zero-order valence-corrected chi connectivity index (χ0v) is 11.7. The molecular formula is C13H11BrClNO. The van der Waals surface area contributed by atoms with E-state index in [1.807, 2.05) is 6.07 Å². The second-order valence-corrected chi connectivity index (χ2v) is 5.57. The van der Waals surface area contributed by atoms with Gasteiger partial charge in [0.1, 0.15) is 0 Å². The Morgan fingerprint density at radius 2 is 2.24 bits per heavy atom. The van der Waals surface area contributed by atoms with Gasteiger partial charge >= 0.3 is 0 Å². The smallest absolute Gasteiger partial charge is 0.0750 e. The van der Waals surface area contributed by atoms with Gasteiger partial charge in [-0.05, 0) is 24.6 Å². The Morgan fingerprint density at radius 1 is 1.41 bits per heavy atom. The van der Waals surface area contributed by atoms with Crippen LogP contribution in [-0.4, -0.2) is 11.6 Å². The lowest BCUT2D eigenvalue weighted by Gasteiger charge is -2.19. The van der Waals surface area contributed by atoms with Crippen molar-refractivity contribution in [2.24, 2.45) is 0 Å². The molecule has 0 N–H and O–H groups in total. The molecule has 0 amide bonds. The highest BCUT2D eigenvalue weighted by atomic mass is 79.9. The van der Waals surface area contributed by atoms with Crippen LogP contribution in [0.25, 0.3) is 10.9 Å². The molecule has 1 aliphatic rings. The third-order valence-electron chi connectivity index (χ3n) is 3.09. The van der Waals surface area contributed by atoms with Crippen molar-refractivity contribution >= 4 is 38.4 Å². The van der Waals surface area contributed by atoms with E-state index in [0.717, 1.165) is 50.2 Å². The maximum Gasteiger partial charge on any atom is 0.0750 e. The summed E-state index contributed by atoms with van der Waals surface area (Å²) in [6, 6.07) is 4.09. The van der Waals surface area contributed by atoms with E-state index in [-0.39, 0.29) is 0 Å². The molecule has 0 fully saturated rings. The highest BCUT2D eigenvalue weighted by Gasteiger charge is 2.18. The fourth-order valence-electron chi connectivity index (χ4n) is 2.24. The average Bonchev–Trinajstić information content (AvgIpc) is 2.31. The molecule has 0 aliphatic carbocycles. The molecule has 2 nitrogen and oxygen atoms in total. The number of aromatic nitrogens is 1. The number of pyridine rings is 1. The Balaban J connectivity index is 2.40. The third kappa shape index (κ3) is 1.86. The third-order valence-corrected chi connectivity index (χ3v) is 3.98. The Hall–Kier alpha value is -0.640. The highest BCUT2D eigenvalue weighted by molar-refractivity contribution is 9.10. The van der Waals surface area contributed by atoms with Crippen LogP contribution in [0.4, 0.5) is 0 Å². The van der Waals surface area contributed by atoms with Crippen LogP contribution in [0.5, 0.6) is 0 Å². The molecule has 0 bridgehead atoms. The Kier molecular flexibility index (Phi) is 2.85. The molecule has 0 radical (unpaired) electrons. The van der Waals surface area contributed by atoms with Crippen molar-refractivity contribution < 1.29 is 4.74 Å². The largest absolute Gasteiger partial charge is 0.376 e. The van der Waals surface area contributed by atoms with E-state index in [9.17, 15) is 0 Å². The molecule has 0 unspecified atom stereocenters. The number of rotatable bonds is 0. The summed E-state index contributed by atoms with van der Waals surface area (Å²) < 4.78 is 6.48. The first kappa shape index (κ1) is 11.5. The minimum atomic E-state index is 0.572. The monoisotopic (exact) mass is 311 g/mol. The molecule has 3 rings (SSSR count). The molecule has 0 spiro atoms. The van der Waals surface area contributed by atoms with Crippen molar-refractivity contribution in [3.8, 4) is 0 Å². The fourth-order valence-corrected chi connectivity index (χ4v) is 3.12. The number of hydrogen-bond acceptors (Lipinski definition) is 2. The van der Waals surface area contributed by atoms with E-state index >= 15 is 0 Å². The van der Waals surface area contributed by atoms with E-state index in [1.54, 1.807) is 0 Å². The molecule has 2 aromatic rings. The van der Waals surface area contributed by atoms with E-state index in [2.05, 4.69) is 28.9 Å².